The fourth-order valence-electron chi connectivity index (χ4n) is 2.15. The third-order valence-corrected chi connectivity index (χ3v) is 3.63. The average molecular weight is 260 g/mol. The zero-order valence-electron chi connectivity index (χ0n) is 11.9. The summed E-state index contributed by atoms with van der Waals surface area (Å²) < 4.78 is 10.9. The Hall–Kier alpha value is -1.77. The predicted molar refractivity (Wildman–Crippen MR) is 75.9 cm³/mol. The van der Waals surface area contributed by atoms with Gasteiger partial charge in [0.2, 0.25) is 0 Å². The van der Waals surface area contributed by atoms with Crippen LogP contribution in [-0.4, -0.2) is 12.9 Å². The van der Waals surface area contributed by atoms with E-state index >= 15 is 0 Å². The van der Waals surface area contributed by atoms with Gasteiger partial charge >= 0.3 is 0 Å². The highest BCUT2D eigenvalue weighted by Gasteiger charge is 2.19. The molecule has 1 aromatic heterocycles. The van der Waals surface area contributed by atoms with Crippen LogP contribution in [0.15, 0.2) is 22.6 Å². The molecule has 0 saturated carbocycles. The highest BCUT2D eigenvalue weighted by Crippen LogP contribution is 2.30. The van der Waals surface area contributed by atoms with Crippen LogP contribution in [0.1, 0.15) is 42.8 Å². The standard InChI is InChI=1S/C16H20O3/c1-5-10(2)8-14(17)16-11(3)13-9-12(18-4)6-7-15(13)19-16/h6-7,9-10H,5,8H2,1-4H3. The molecule has 102 valence electrons. The maximum Gasteiger partial charge on any atom is 0.198 e. The molecule has 0 aliphatic heterocycles. The molecule has 1 atom stereocenters. The minimum atomic E-state index is 0.0852. The molecule has 0 amide bonds. The molecule has 0 spiro atoms. The molecular weight excluding hydrogens is 240 g/mol. The minimum Gasteiger partial charge on any atom is -0.497 e. The molecule has 1 unspecified atom stereocenters. The number of ether oxygens (including phenoxy) is 1. The first-order valence-corrected chi connectivity index (χ1v) is 6.67. The highest BCUT2D eigenvalue weighted by molar-refractivity contribution is 6.00. The molecule has 3 heteroatoms. The van der Waals surface area contributed by atoms with E-state index < -0.39 is 0 Å². The highest BCUT2D eigenvalue weighted by atomic mass is 16.5. The van der Waals surface area contributed by atoms with Gasteiger partial charge in [0, 0.05) is 17.4 Å². The molecule has 1 heterocycles. The van der Waals surface area contributed by atoms with Crippen LogP contribution >= 0.6 is 0 Å². The van der Waals surface area contributed by atoms with Crippen LogP contribution in [0.25, 0.3) is 11.0 Å². The van der Waals surface area contributed by atoms with Crippen LogP contribution < -0.4 is 4.74 Å². The van der Waals surface area contributed by atoms with Gasteiger partial charge in [-0.25, -0.2) is 0 Å². The van der Waals surface area contributed by atoms with Crippen molar-refractivity contribution in [3.63, 3.8) is 0 Å². The molecule has 0 fully saturated rings. The number of methoxy groups -OCH3 is 1. The summed E-state index contributed by atoms with van der Waals surface area (Å²) in [5.74, 6) is 1.73. The summed E-state index contributed by atoms with van der Waals surface area (Å²) in [6, 6.07) is 5.60. The van der Waals surface area contributed by atoms with Crippen LogP contribution in [0.2, 0.25) is 0 Å². The summed E-state index contributed by atoms with van der Waals surface area (Å²) in [7, 11) is 1.63. The number of carbonyl (C=O) groups is 1. The second kappa shape index (κ2) is 5.47. The quantitative estimate of drug-likeness (QED) is 0.749. The number of fused-ring (bicyclic) bond motifs is 1. The van der Waals surface area contributed by atoms with Crippen molar-refractivity contribution < 1.29 is 13.9 Å². The van der Waals surface area contributed by atoms with Crippen molar-refractivity contribution in [2.45, 2.75) is 33.6 Å². The topological polar surface area (TPSA) is 39.4 Å². The average Bonchev–Trinajstić information content (AvgIpc) is 2.75. The van der Waals surface area contributed by atoms with E-state index in [-0.39, 0.29) is 5.78 Å². The first-order chi connectivity index (χ1) is 9.06. The number of Topliss-reactive ketones (excluding diaryl/α,β-unsaturated/α-hetero) is 1. The maximum atomic E-state index is 12.2. The second-order valence-electron chi connectivity index (χ2n) is 5.06. The first-order valence-electron chi connectivity index (χ1n) is 6.67. The molecule has 0 saturated heterocycles. The Kier molecular flexibility index (Phi) is 3.93. The van der Waals surface area contributed by atoms with Gasteiger partial charge in [0.1, 0.15) is 11.3 Å². The predicted octanol–water partition coefficient (Wildman–Crippen LogP) is 4.37. The van der Waals surface area contributed by atoms with E-state index in [1.54, 1.807) is 7.11 Å². The van der Waals surface area contributed by atoms with Gasteiger partial charge in [-0.15, -0.1) is 0 Å². The number of benzene rings is 1. The van der Waals surface area contributed by atoms with Crippen molar-refractivity contribution in [2.75, 3.05) is 7.11 Å². The van der Waals surface area contributed by atoms with E-state index in [0.29, 0.717) is 18.1 Å². The lowest BCUT2D eigenvalue weighted by Gasteiger charge is -2.05. The summed E-state index contributed by atoms with van der Waals surface area (Å²) in [6.07, 6.45) is 1.53. The molecule has 0 aliphatic rings. The first kappa shape index (κ1) is 13.7. The number of aryl methyl sites for hydroxylation is 1. The monoisotopic (exact) mass is 260 g/mol. The molecule has 1 aromatic carbocycles. The fourth-order valence-corrected chi connectivity index (χ4v) is 2.15. The number of hydrogen-bond acceptors (Lipinski definition) is 3. The van der Waals surface area contributed by atoms with Crippen LogP contribution in [0, 0.1) is 12.8 Å². The summed E-state index contributed by atoms with van der Waals surface area (Å²) in [4.78, 5) is 12.2. The summed E-state index contributed by atoms with van der Waals surface area (Å²) in [5, 5.41) is 0.951. The lowest BCUT2D eigenvalue weighted by molar-refractivity contribution is 0.0937. The number of rotatable bonds is 5. The van der Waals surface area contributed by atoms with Crippen molar-refractivity contribution in [2.24, 2.45) is 5.92 Å². The van der Waals surface area contributed by atoms with Crippen molar-refractivity contribution in [1.82, 2.24) is 0 Å². The molecule has 0 radical (unpaired) electrons. The summed E-state index contributed by atoms with van der Waals surface area (Å²) >= 11 is 0. The summed E-state index contributed by atoms with van der Waals surface area (Å²) in [5.41, 5.74) is 1.65. The van der Waals surface area contributed by atoms with Gasteiger partial charge in [-0.2, -0.15) is 0 Å². The number of carbonyl (C=O) groups excluding carboxylic acids is 1. The molecule has 3 nitrogen and oxygen atoms in total. The van der Waals surface area contributed by atoms with Gasteiger partial charge in [-0.05, 0) is 31.0 Å². The van der Waals surface area contributed by atoms with Gasteiger partial charge in [0.25, 0.3) is 0 Å². The van der Waals surface area contributed by atoms with E-state index in [1.807, 2.05) is 25.1 Å². The fraction of sp³-hybridized carbons (Fsp3) is 0.438. The van der Waals surface area contributed by atoms with Crippen LogP contribution in [-0.2, 0) is 0 Å². The number of furan rings is 1. The minimum absolute atomic E-state index is 0.0852. The third kappa shape index (κ3) is 2.65. The van der Waals surface area contributed by atoms with Crippen LogP contribution in [0.4, 0.5) is 0 Å². The summed E-state index contributed by atoms with van der Waals surface area (Å²) in [6.45, 7) is 6.10. The van der Waals surface area contributed by atoms with E-state index in [9.17, 15) is 4.79 Å². The molecule has 0 bridgehead atoms. The van der Waals surface area contributed by atoms with Crippen molar-refractivity contribution in [3.05, 3.63) is 29.5 Å². The number of hydrogen-bond donors (Lipinski definition) is 0. The largest absolute Gasteiger partial charge is 0.497 e. The van der Waals surface area contributed by atoms with Crippen LogP contribution in [0.3, 0.4) is 0 Å². The van der Waals surface area contributed by atoms with Gasteiger partial charge < -0.3 is 9.15 Å². The Balaban J connectivity index is 2.39. The van der Waals surface area contributed by atoms with E-state index in [4.69, 9.17) is 9.15 Å². The van der Waals surface area contributed by atoms with Gasteiger partial charge in [-0.1, -0.05) is 20.3 Å². The van der Waals surface area contributed by atoms with Crippen LogP contribution in [0.5, 0.6) is 5.75 Å². The van der Waals surface area contributed by atoms with E-state index in [1.165, 1.54) is 0 Å². The maximum absolute atomic E-state index is 12.2. The molecular formula is C16H20O3. The van der Waals surface area contributed by atoms with Gasteiger partial charge in [-0.3, -0.25) is 4.79 Å². The van der Waals surface area contributed by atoms with Gasteiger partial charge in [0.15, 0.2) is 11.5 Å². The Morgan fingerprint density at radius 3 is 2.79 bits per heavy atom. The Morgan fingerprint density at radius 2 is 2.16 bits per heavy atom. The normalized spacial score (nSPS) is 12.6. The SMILES string of the molecule is CCC(C)CC(=O)c1oc2ccc(OC)cc2c1C. The zero-order chi connectivity index (χ0) is 14.0. The van der Waals surface area contributed by atoms with Gasteiger partial charge in [0.05, 0.1) is 7.11 Å². The molecule has 0 aliphatic carbocycles. The Morgan fingerprint density at radius 1 is 1.42 bits per heavy atom. The third-order valence-electron chi connectivity index (χ3n) is 3.63. The molecule has 0 N–H and O–H groups in total. The lowest BCUT2D eigenvalue weighted by Crippen LogP contribution is -2.05. The molecule has 19 heavy (non-hydrogen) atoms. The van der Waals surface area contributed by atoms with E-state index in [0.717, 1.165) is 28.7 Å². The van der Waals surface area contributed by atoms with E-state index in [2.05, 4.69) is 13.8 Å². The van der Waals surface area contributed by atoms with Crippen molar-refractivity contribution in [3.8, 4) is 5.75 Å². The lowest BCUT2D eigenvalue weighted by atomic mass is 9.99. The Bertz CT molecular complexity index is 595. The van der Waals surface area contributed by atoms with Crippen molar-refractivity contribution >= 4 is 16.8 Å². The zero-order valence-corrected chi connectivity index (χ0v) is 11.9. The smallest absolute Gasteiger partial charge is 0.198 e. The molecule has 2 aromatic rings. The second-order valence-corrected chi connectivity index (χ2v) is 5.06. The Labute approximate surface area is 113 Å². The molecule has 2 rings (SSSR count). The number of ketones is 1. The van der Waals surface area contributed by atoms with Crippen molar-refractivity contribution in [1.29, 1.82) is 0 Å².